The molecule has 0 spiro atoms. The Morgan fingerprint density at radius 2 is 1.88 bits per heavy atom. The summed E-state index contributed by atoms with van der Waals surface area (Å²) in [4.78, 5) is 24.5. The van der Waals surface area contributed by atoms with Crippen molar-refractivity contribution in [3.05, 3.63) is 0 Å². The first-order valence-electron chi connectivity index (χ1n) is 6.22. The Morgan fingerprint density at radius 1 is 1.35 bits per heavy atom. The molecule has 1 unspecified atom stereocenters. The zero-order valence-corrected chi connectivity index (χ0v) is 10.8. The summed E-state index contributed by atoms with van der Waals surface area (Å²) in [5, 5.41) is 11.4. The van der Waals surface area contributed by atoms with Crippen LogP contribution in [-0.4, -0.2) is 40.6 Å². The molecule has 5 heteroatoms. The minimum Gasteiger partial charge on any atom is -0.481 e. The standard InChI is InChI=1S/C12H22N2O3/c1-8(11(15)16)7-13-12(17)14-9(2)5-4-6-10(14)3/h8-10H,4-7H2,1-3H3,(H,13,17)(H,15,16)/t8?,9-,10+. The Labute approximate surface area is 102 Å². The molecule has 0 aromatic carbocycles. The maximum atomic E-state index is 12.0. The first-order chi connectivity index (χ1) is 7.93. The Morgan fingerprint density at radius 3 is 2.35 bits per heavy atom. The molecule has 5 nitrogen and oxygen atoms in total. The largest absolute Gasteiger partial charge is 0.481 e. The van der Waals surface area contributed by atoms with Crippen molar-refractivity contribution in [3.63, 3.8) is 0 Å². The van der Waals surface area contributed by atoms with Gasteiger partial charge in [0, 0.05) is 18.6 Å². The summed E-state index contributed by atoms with van der Waals surface area (Å²) >= 11 is 0. The van der Waals surface area contributed by atoms with E-state index < -0.39 is 11.9 Å². The van der Waals surface area contributed by atoms with E-state index >= 15 is 0 Å². The predicted octanol–water partition coefficient (Wildman–Crippen LogP) is 1.68. The highest BCUT2D eigenvalue weighted by Gasteiger charge is 2.29. The lowest BCUT2D eigenvalue weighted by atomic mass is 9.98. The lowest BCUT2D eigenvalue weighted by Gasteiger charge is -2.39. The van der Waals surface area contributed by atoms with Gasteiger partial charge >= 0.3 is 12.0 Å². The Kier molecular flexibility index (Phi) is 4.78. The molecule has 0 saturated carbocycles. The summed E-state index contributed by atoms with van der Waals surface area (Å²) in [5.74, 6) is -1.43. The van der Waals surface area contributed by atoms with Crippen LogP contribution in [0.15, 0.2) is 0 Å². The zero-order chi connectivity index (χ0) is 13.0. The normalized spacial score (nSPS) is 26.4. The number of hydrogen-bond acceptors (Lipinski definition) is 2. The van der Waals surface area contributed by atoms with E-state index in [1.165, 1.54) is 0 Å². The topological polar surface area (TPSA) is 69.6 Å². The van der Waals surface area contributed by atoms with Crippen LogP contribution in [-0.2, 0) is 4.79 Å². The molecule has 0 radical (unpaired) electrons. The highest BCUT2D eigenvalue weighted by atomic mass is 16.4. The molecular formula is C12H22N2O3. The second kappa shape index (κ2) is 5.89. The number of carboxylic acid groups (broad SMARTS) is 1. The lowest BCUT2D eigenvalue weighted by molar-refractivity contribution is -0.140. The molecule has 98 valence electrons. The van der Waals surface area contributed by atoms with Gasteiger partial charge in [0.1, 0.15) is 0 Å². The van der Waals surface area contributed by atoms with Gasteiger partial charge in [-0.3, -0.25) is 4.79 Å². The number of carboxylic acids is 1. The third-order valence-electron chi connectivity index (χ3n) is 3.41. The second-order valence-electron chi connectivity index (χ2n) is 4.96. The third kappa shape index (κ3) is 3.61. The fourth-order valence-corrected chi connectivity index (χ4v) is 2.24. The van der Waals surface area contributed by atoms with Gasteiger partial charge in [-0.15, -0.1) is 0 Å². The smallest absolute Gasteiger partial charge is 0.317 e. The van der Waals surface area contributed by atoms with Gasteiger partial charge in [-0.2, -0.15) is 0 Å². The van der Waals surface area contributed by atoms with Gasteiger partial charge < -0.3 is 15.3 Å². The fraction of sp³-hybridized carbons (Fsp3) is 0.833. The average Bonchev–Trinajstić information content (AvgIpc) is 2.25. The van der Waals surface area contributed by atoms with Crippen molar-refractivity contribution in [1.29, 1.82) is 0 Å². The van der Waals surface area contributed by atoms with Gasteiger partial charge in [-0.1, -0.05) is 6.92 Å². The van der Waals surface area contributed by atoms with Gasteiger partial charge in [0.2, 0.25) is 0 Å². The molecular weight excluding hydrogens is 220 g/mol. The number of rotatable bonds is 3. The van der Waals surface area contributed by atoms with E-state index in [2.05, 4.69) is 5.32 Å². The Bertz CT molecular complexity index is 283. The number of likely N-dealkylation sites (tertiary alicyclic amines) is 1. The first kappa shape index (κ1) is 13.8. The van der Waals surface area contributed by atoms with Crippen LogP contribution in [0, 0.1) is 5.92 Å². The van der Waals surface area contributed by atoms with Crippen molar-refractivity contribution in [3.8, 4) is 0 Å². The number of nitrogens with zero attached hydrogens (tertiary/aromatic N) is 1. The van der Waals surface area contributed by atoms with Crippen LogP contribution in [0.5, 0.6) is 0 Å². The monoisotopic (exact) mass is 242 g/mol. The SMILES string of the molecule is CC(CNC(=O)N1[C@H](C)CCC[C@@H]1C)C(=O)O. The van der Waals surface area contributed by atoms with Gasteiger partial charge in [0.25, 0.3) is 0 Å². The third-order valence-corrected chi connectivity index (χ3v) is 3.41. The van der Waals surface area contributed by atoms with E-state index in [1.807, 2.05) is 18.7 Å². The minimum absolute atomic E-state index is 0.141. The molecule has 3 atom stereocenters. The van der Waals surface area contributed by atoms with Crippen LogP contribution in [0.1, 0.15) is 40.0 Å². The molecule has 1 aliphatic rings. The van der Waals surface area contributed by atoms with Crippen LogP contribution < -0.4 is 5.32 Å². The van der Waals surface area contributed by atoms with Crippen LogP contribution in [0.25, 0.3) is 0 Å². The summed E-state index contributed by atoms with van der Waals surface area (Å²) < 4.78 is 0. The number of carbonyl (C=O) groups excluding carboxylic acids is 1. The van der Waals surface area contributed by atoms with E-state index in [0.717, 1.165) is 19.3 Å². The summed E-state index contributed by atoms with van der Waals surface area (Å²) in [5.41, 5.74) is 0. The average molecular weight is 242 g/mol. The summed E-state index contributed by atoms with van der Waals surface area (Å²) in [7, 11) is 0. The number of nitrogens with one attached hydrogen (secondary N) is 1. The minimum atomic E-state index is -0.884. The van der Waals surface area contributed by atoms with Crippen LogP contribution in [0.2, 0.25) is 0 Å². The number of amides is 2. The van der Waals surface area contributed by atoms with Crippen LogP contribution in [0.3, 0.4) is 0 Å². The van der Waals surface area contributed by atoms with Crippen LogP contribution in [0.4, 0.5) is 4.79 Å². The molecule has 0 aromatic heterocycles. The van der Waals surface area contributed by atoms with E-state index in [-0.39, 0.29) is 24.7 Å². The van der Waals surface area contributed by atoms with Crippen molar-refractivity contribution in [2.24, 2.45) is 5.92 Å². The molecule has 1 heterocycles. The predicted molar refractivity (Wildman–Crippen MR) is 64.8 cm³/mol. The number of urea groups is 1. The van der Waals surface area contributed by atoms with Gasteiger partial charge in [-0.25, -0.2) is 4.79 Å². The molecule has 1 saturated heterocycles. The van der Waals surface area contributed by atoms with Crippen molar-refractivity contribution >= 4 is 12.0 Å². The fourth-order valence-electron chi connectivity index (χ4n) is 2.24. The molecule has 17 heavy (non-hydrogen) atoms. The molecule has 2 N–H and O–H groups in total. The Balaban J connectivity index is 2.48. The lowest BCUT2D eigenvalue weighted by Crippen LogP contribution is -2.52. The maximum absolute atomic E-state index is 12.0. The van der Waals surface area contributed by atoms with Crippen molar-refractivity contribution in [2.45, 2.75) is 52.1 Å². The van der Waals surface area contributed by atoms with Crippen molar-refractivity contribution in [2.75, 3.05) is 6.54 Å². The molecule has 2 amide bonds. The summed E-state index contributed by atoms with van der Waals surface area (Å²) in [6.45, 7) is 5.85. The first-order valence-corrected chi connectivity index (χ1v) is 6.22. The number of hydrogen-bond donors (Lipinski definition) is 2. The molecule has 0 bridgehead atoms. The molecule has 1 rings (SSSR count). The van der Waals surface area contributed by atoms with Crippen molar-refractivity contribution < 1.29 is 14.7 Å². The highest BCUT2D eigenvalue weighted by molar-refractivity contribution is 5.76. The zero-order valence-electron chi connectivity index (χ0n) is 10.8. The molecule has 0 aromatic rings. The van der Waals surface area contributed by atoms with E-state index in [1.54, 1.807) is 6.92 Å². The number of aliphatic carboxylic acids is 1. The van der Waals surface area contributed by atoms with E-state index in [9.17, 15) is 9.59 Å². The quantitative estimate of drug-likeness (QED) is 0.791. The summed E-state index contributed by atoms with van der Waals surface area (Å²) in [6, 6.07) is 0.329. The Hall–Kier alpha value is -1.26. The number of piperidine rings is 1. The van der Waals surface area contributed by atoms with Crippen molar-refractivity contribution in [1.82, 2.24) is 10.2 Å². The molecule has 0 aliphatic carbocycles. The molecule has 1 aliphatic heterocycles. The van der Waals surface area contributed by atoms with Crippen LogP contribution >= 0.6 is 0 Å². The second-order valence-corrected chi connectivity index (χ2v) is 4.96. The summed E-state index contributed by atoms with van der Waals surface area (Å²) in [6.07, 6.45) is 3.19. The number of carbonyl (C=O) groups is 2. The maximum Gasteiger partial charge on any atom is 0.317 e. The van der Waals surface area contributed by atoms with Gasteiger partial charge in [-0.05, 0) is 33.1 Å². The van der Waals surface area contributed by atoms with E-state index in [4.69, 9.17) is 5.11 Å². The molecule has 1 fully saturated rings. The van der Waals surface area contributed by atoms with E-state index in [0.29, 0.717) is 0 Å². The highest BCUT2D eigenvalue weighted by Crippen LogP contribution is 2.22. The van der Waals surface area contributed by atoms with Gasteiger partial charge in [0.15, 0.2) is 0 Å². The van der Waals surface area contributed by atoms with Gasteiger partial charge in [0.05, 0.1) is 5.92 Å².